The number of hydrogen-bond donors (Lipinski definition) is 1. The first-order chi connectivity index (χ1) is 7.42. The zero-order valence-electron chi connectivity index (χ0n) is 9.50. The lowest BCUT2D eigenvalue weighted by molar-refractivity contribution is 0.506. The Hall–Kier alpha value is -0.440. The van der Waals surface area contributed by atoms with Crippen molar-refractivity contribution in [1.29, 1.82) is 0 Å². The molecule has 0 amide bonds. The first-order valence-corrected chi connectivity index (χ1v) is 6.14. The zero-order valence-corrected chi connectivity index (χ0v) is 11.0. The van der Waals surface area contributed by atoms with Gasteiger partial charge in [-0.05, 0) is 32.4 Å². The number of anilines is 1. The molecule has 1 saturated heterocycles. The predicted octanol–water partition coefficient (Wildman–Crippen LogP) is 3.31. The molecule has 1 heterocycles. The van der Waals surface area contributed by atoms with E-state index in [-0.39, 0.29) is 11.6 Å². The summed E-state index contributed by atoms with van der Waals surface area (Å²) >= 11 is 12.3. The first kappa shape index (κ1) is 12.0. The minimum absolute atomic E-state index is 0.0355. The fourth-order valence-electron chi connectivity index (χ4n) is 2.42. The van der Waals surface area contributed by atoms with E-state index in [1.807, 2.05) is 12.1 Å². The largest absolute Gasteiger partial charge is 0.364 e. The Morgan fingerprint density at radius 2 is 2.06 bits per heavy atom. The van der Waals surface area contributed by atoms with Crippen molar-refractivity contribution in [3.63, 3.8) is 0 Å². The van der Waals surface area contributed by atoms with Crippen LogP contribution in [0.3, 0.4) is 0 Å². The number of nitrogens with zero attached hydrogens (tertiary/aromatic N) is 1. The minimum Gasteiger partial charge on any atom is -0.364 e. The molecule has 0 bridgehead atoms. The quantitative estimate of drug-likeness (QED) is 0.838. The van der Waals surface area contributed by atoms with Crippen LogP contribution in [0, 0.1) is 0 Å². The normalized spacial score (nSPS) is 23.8. The third kappa shape index (κ3) is 2.02. The van der Waals surface area contributed by atoms with Gasteiger partial charge in [0.15, 0.2) is 0 Å². The van der Waals surface area contributed by atoms with Crippen LogP contribution in [0.2, 0.25) is 10.0 Å². The first-order valence-electron chi connectivity index (χ1n) is 5.39. The Balaban J connectivity index is 2.41. The monoisotopic (exact) mass is 258 g/mol. The molecule has 1 aliphatic rings. The van der Waals surface area contributed by atoms with Crippen LogP contribution in [-0.2, 0) is 0 Å². The van der Waals surface area contributed by atoms with Gasteiger partial charge in [-0.15, -0.1) is 0 Å². The van der Waals surface area contributed by atoms with Gasteiger partial charge >= 0.3 is 0 Å². The van der Waals surface area contributed by atoms with Crippen LogP contribution in [0.1, 0.15) is 20.3 Å². The molecule has 16 heavy (non-hydrogen) atoms. The average Bonchev–Trinajstić information content (AvgIpc) is 2.44. The zero-order chi connectivity index (χ0) is 11.9. The van der Waals surface area contributed by atoms with E-state index < -0.39 is 0 Å². The lowest BCUT2D eigenvalue weighted by atomic mass is 10.00. The molecule has 1 aromatic rings. The Morgan fingerprint density at radius 3 is 2.62 bits per heavy atom. The molecule has 4 heteroatoms. The van der Waals surface area contributed by atoms with Gasteiger partial charge in [0.05, 0.1) is 15.7 Å². The number of halogens is 2. The van der Waals surface area contributed by atoms with Crippen LogP contribution < -0.4 is 10.6 Å². The van der Waals surface area contributed by atoms with Crippen LogP contribution in [0.5, 0.6) is 0 Å². The molecule has 1 aromatic carbocycles. The van der Waals surface area contributed by atoms with Crippen molar-refractivity contribution in [1.82, 2.24) is 0 Å². The number of nitrogens with two attached hydrogens (primary N) is 1. The van der Waals surface area contributed by atoms with E-state index >= 15 is 0 Å². The highest BCUT2D eigenvalue weighted by Crippen LogP contribution is 2.39. The van der Waals surface area contributed by atoms with Crippen molar-refractivity contribution in [3.05, 3.63) is 28.2 Å². The lowest BCUT2D eigenvalue weighted by Gasteiger charge is -2.34. The molecule has 0 spiro atoms. The number of rotatable bonds is 1. The molecule has 88 valence electrons. The molecule has 1 fully saturated rings. The second-order valence-electron chi connectivity index (χ2n) is 4.96. The summed E-state index contributed by atoms with van der Waals surface area (Å²) in [5.41, 5.74) is 7.02. The predicted molar refractivity (Wildman–Crippen MR) is 70.5 cm³/mol. The second kappa shape index (κ2) is 4.10. The Labute approximate surface area is 106 Å². The summed E-state index contributed by atoms with van der Waals surface area (Å²) in [6.45, 7) is 5.18. The van der Waals surface area contributed by atoms with Crippen molar-refractivity contribution in [2.75, 3.05) is 11.4 Å². The van der Waals surface area contributed by atoms with E-state index in [0.29, 0.717) is 10.0 Å². The van der Waals surface area contributed by atoms with Gasteiger partial charge in [-0.2, -0.15) is 0 Å². The minimum atomic E-state index is 0.0355. The fraction of sp³-hybridized carbons (Fsp3) is 0.500. The number of hydrogen-bond acceptors (Lipinski definition) is 2. The topological polar surface area (TPSA) is 29.3 Å². The van der Waals surface area contributed by atoms with Crippen LogP contribution in [-0.4, -0.2) is 18.1 Å². The maximum absolute atomic E-state index is 6.23. The van der Waals surface area contributed by atoms with E-state index in [4.69, 9.17) is 28.9 Å². The summed E-state index contributed by atoms with van der Waals surface area (Å²) in [7, 11) is 0. The summed E-state index contributed by atoms with van der Waals surface area (Å²) in [5.74, 6) is 0. The maximum atomic E-state index is 6.23. The van der Waals surface area contributed by atoms with Crippen molar-refractivity contribution >= 4 is 28.9 Å². The van der Waals surface area contributed by atoms with Crippen molar-refractivity contribution in [2.45, 2.75) is 31.8 Å². The molecule has 0 saturated carbocycles. The summed E-state index contributed by atoms with van der Waals surface area (Å²) in [6, 6.07) is 5.92. The third-order valence-electron chi connectivity index (χ3n) is 3.13. The van der Waals surface area contributed by atoms with Gasteiger partial charge in [0.25, 0.3) is 0 Å². The Kier molecular flexibility index (Phi) is 3.08. The van der Waals surface area contributed by atoms with Gasteiger partial charge < -0.3 is 10.6 Å². The smallest absolute Gasteiger partial charge is 0.0825 e. The van der Waals surface area contributed by atoms with E-state index in [2.05, 4.69) is 18.7 Å². The summed E-state index contributed by atoms with van der Waals surface area (Å²) < 4.78 is 0. The van der Waals surface area contributed by atoms with Crippen molar-refractivity contribution in [3.8, 4) is 0 Å². The Bertz CT molecular complexity index is 404. The Morgan fingerprint density at radius 1 is 1.38 bits per heavy atom. The summed E-state index contributed by atoms with van der Waals surface area (Å²) in [5, 5.41) is 1.21. The lowest BCUT2D eigenvalue weighted by Crippen LogP contribution is -2.38. The summed E-state index contributed by atoms with van der Waals surface area (Å²) in [4.78, 5) is 2.24. The molecule has 0 radical (unpaired) electrons. The standard InChI is InChI=1S/C12H16Cl2N2/c1-12(2)6-8(15)7-16(12)10-5-3-4-9(13)11(10)14/h3-5,8H,6-7,15H2,1-2H3. The van der Waals surface area contributed by atoms with Crippen LogP contribution in [0.4, 0.5) is 5.69 Å². The van der Waals surface area contributed by atoms with Crippen LogP contribution in [0.25, 0.3) is 0 Å². The van der Waals surface area contributed by atoms with Crippen LogP contribution >= 0.6 is 23.2 Å². The van der Waals surface area contributed by atoms with E-state index in [1.165, 1.54) is 0 Å². The highest BCUT2D eigenvalue weighted by atomic mass is 35.5. The molecule has 1 aliphatic heterocycles. The van der Waals surface area contributed by atoms with E-state index in [0.717, 1.165) is 18.7 Å². The molecule has 2 N–H and O–H groups in total. The SMILES string of the molecule is CC1(C)CC(N)CN1c1cccc(Cl)c1Cl. The van der Waals surface area contributed by atoms with Crippen molar-refractivity contribution in [2.24, 2.45) is 5.73 Å². The van der Waals surface area contributed by atoms with Crippen LogP contribution in [0.15, 0.2) is 18.2 Å². The maximum Gasteiger partial charge on any atom is 0.0825 e. The molecule has 1 unspecified atom stereocenters. The number of benzene rings is 1. The molecular formula is C12H16Cl2N2. The van der Waals surface area contributed by atoms with Gasteiger partial charge in [0.2, 0.25) is 0 Å². The third-order valence-corrected chi connectivity index (χ3v) is 3.94. The molecule has 0 aromatic heterocycles. The summed E-state index contributed by atoms with van der Waals surface area (Å²) in [6.07, 6.45) is 0.968. The highest BCUT2D eigenvalue weighted by Gasteiger charge is 2.37. The molecule has 1 atom stereocenters. The van der Waals surface area contributed by atoms with E-state index in [1.54, 1.807) is 6.07 Å². The van der Waals surface area contributed by atoms with Gasteiger partial charge in [-0.25, -0.2) is 0 Å². The van der Waals surface area contributed by atoms with Crippen molar-refractivity contribution < 1.29 is 0 Å². The van der Waals surface area contributed by atoms with Gasteiger partial charge in [-0.3, -0.25) is 0 Å². The molecular weight excluding hydrogens is 243 g/mol. The van der Waals surface area contributed by atoms with E-state index in [9.17, 15) is 0 Å². The van der Waals surface area contributed by atoms with Gasteiger partial charge in [0.1, 0.15) is 0 Å². The average molecular weight is 259 g/mol. The second-order valence-corrected chi connectivity index (χ2v) is 5.75. The highest BCUT2D eigenvalue weighted by molar-refractivity contribution is 6.43. The molecule has 2 nitrogen and oxygen atoms in total. The van der Waals surface area contributed by atoms with Gasteiger partial charge in [0, 0.05) is 18.1 Å². The van der Waals surface area contributed by atoms with Gasteiger partial charge in [-0.1, -0.05) is 29.3 Å². The molecule has 0 aliphatic carbocycles. The fourth-order valence-corrected chi connectivity index (χ4v) is 2.82. The molecule has 2 rings (SSSR count).